The van der Waals surface area contributed by atoms with Gasteiger partial charge >= 0.3 is 0 Å². The minimum atomic E-state index is -0.269. The zero-order valence-corrected chi connectivity index (χ0v) is 11.7. The molecule has 0 bridgehead atoms. The van der Waals surface area contributed by atoms with Crippen LogP contribution in [0.15, 0.2) is 30.5 Å². The highest BCUT2D eigenvalue weighted by atomic mass is 35.5. The van der Waals surface area contributed by atoms with E-state index in [0.717, 1.165) is 0 Å². The van der Waals surface area contributed by atoms with Crippen LogP contribution in [0.1, 0.15) is 5.56 Å². The minimum absolute atomic E-state index is 0.269. The van der Waals surface area contributed by atoms with Crippen LogP contribution in [0.4, 0.5) is 10.2 Å². The first-order valence-corrected chi connectivity index (χ1v) is 6.34. The van der Waals surface area contributed by atoms with Gasteiger partial charge in [-0.05, 0) is 18.3 Å². The average molecular weight is 299 g/mol. The molecule has 2 N–H and O–H groups in total. The first-order valence-electron chi connectivity index (χ1n) is 5.55. The molecule has 0 unspecified atom stereocenters. The third-order valence-corrected chi connectivity index (χ3v) is 3.05. The lowest BCUT2D eigenvalue weighted by Crippen LogP contribution is -2.24. The van der Waals surface area contributed by atoms with E-state index in [2.05, 4.69) is 15.7 Å². The number of halogens is 2. The summed E-state index contributed by atoms with van der Waals surface area (Å²) in [5, 5.41) is 10.7. The van der Waals surface area contributed by atoms with Crippen LogP contribution in [0.2, 0.25) is 5.02 Å². The summed E-state index contributed by atoms with van der Waals surface area (Å²) in [4.78, 5) is 0. The van der Waals surface area contributed by atoms with Gasteiger partial charge in [0.1, 0.15) is 10.8 Å². The molecule has 0 radical (unpaired) electrons. The van der Waals surface area contributed by atoms with Crippen molar-refractivity contribution in [1.29, 1.82) is 0 Å². The van der Waals surface area contributed by atoms with Crippen LogP contribution >= 0.6 is 23.8 Å². The van der Waals surface area contributed by atoms with E-state index in [1.807, 2.05) is 0 Å². The van der Waals surface area contributed by atoms with Crippen molar-refractivity contribution >= 4 is 34.7 Å². The molecule has 0 amide bonds. The van der Waals surface area contributed by atoms with Gasteiger partial charge in [0.2, 0.25) is 0 Å². The van der Waals surface area contributed by atoms with Crippen molar-refractivity contribution in [1.82, 2.24) is 15.1 Å². The normalized spacial score (nSPS) is 10.3. The summed E-state index contributed by atoms with van der Waals surface area (Å²) in [6.45, 7) is 0.306. The third kappa shape index (κ3) is 3.42. The molecule has 19 heavy (non-hydrogen) atoms. The van der Waals surface area contributed by atoms with Crippen LogP contribution in [0.3, 0.4) is 0 Å². The van der Waals surface area contributed by atoms with Crippen LogP contribution in [-0.4, -0.2) is 21.9 Å². The number of thiocarbonyl (C=S) groups is 1. The second kappa shape index (κ2) is 5.99. The van der Waals surface area contributed by atoms with E-state index in [9.17, 15) is 4.39 Å². The Balaban J connectivity index is 2.16. The molecule has 7 heteroatoms. The molecule has 0 aliphatic carbocycles. The Morgan fingerprint density at radius 3 is 2.89 bits per heavy atom. The molecule has 0 fully saturated rings. The fraction of sp³-hybridized carbons (Fsp3) is 0.167. The van der Waals surface area contributed by atoms with E-state index < -0.39 is 0 Å². The maximum absolute atomic E-state index is 13.5. The van der Waals surface area contributed by atoms with Crippen LogP contribution in [-0.2, 0) is 6.54 Å². The summed E-state index contributed by atoms with van der Waals surface area (Å²) in [5.41, 5.74) is 0.546. The van der Waals surface area contributed by atoms with Crippen molar-refractivity contribution < 1.29 is 4.39 Å². The number of rotatable bonds is 3. The molecule has 0 spiro atoms. The topological polar surface area (TPSA) is 41.9 Å². The summed E-state index contributed by atoms with van der Waals surface area (Å²) in [6.07, 6.45) is 1.62. The van der Waals surface area contributed by atoms with E-state index in [0.29, 0.717) is 28.1 Å². The number of benzene rings is 1. The highest BCUT2D eigenvalue weighted by molar-refractivity contribution is 7.80. The molecule has 1 heterocycles. The average Bonchev–Trinajstić information content (AvgIpc) is 2.72. The van der Waals surface area contributed by atoms with Gasteiger partial charge in [0.05, 0.1) is 6.54 Å². The van der Waals surface area contributed by atoms with Gasteiger partial charge in [0.15, 0.2) is 10.9 Å². The molecule has 0 saturated carbocycles. The lowest BCUT2D eigenvalue weighted by Gasteiger charge is -2.04. The summed E-state index contributed by atoms with van der Waals surface area (Å²) >= 11 is 11.0. The smallest absolute Gasteiger partial charge is 0.173 e. The lowest BCUT2D eigenvalue weighted by molar-refractivity contribution is 0.586. The van der Waals surface area contributed by atoms with Gasteiger partial charge in [-0.3, -0.25) is 4.68 Å². The molecule has 2 rings (SSSR count). The Labute approximate surface area is 120 Å². The Morgan fingerprint density at radius 1 is 1.47 bits per heavy atom. The maximum Gasteiger partial charge on any atom is 0.173 e. The number of nitrogens with one attached hydrogen (secondary N) is 2. The first-order chi connectivity index (χ1) is 9.10. The molecule has 1 aromatic heterocycles. The van der Waals surface area contributed by atoms with Crippen LogP contribution < -0.4 is 10.6 Å². The fourth-order valence-electron chi connectivity index (χ4n) is 1.53. The van der Waals surface area contributed by atoms with E-state index >= 15 is 0 Å². The van der Waals surface area contributed by atoms with Gasteiger partial charge in [0, 0.05) is 18.8 Å². The van der Waals surface area contributed by atoms with Gasteiger partial charge in [-0.2, -0.15) is 5.10 Å². The first kappa shape index (κ1) is 13.8. The van der Waals surface area contributed by atoms with Gasteiger partial charge in [-0.25, -0.2) is 4.39 Å². The summed E-state index contributed by atoms with van der Waals surface area (Å²) in [5.74, 6) is 0.173. The Bertz CT molecular complexity index is 599. The van der Waals surface area contributed by atoms with E-state index in [1.54, 1.807) is 36.1 Å². The van der Waals surface area contributed by atoms with Crippen LogP contribution in [0, 0.1) is 5.82 Å². The van der Waals surface area contributed by atoms with Gasteiger partial charge in [-0.15, -0.1) is 0 Å². The Kier molecular flexibility index (Phi) is 4.34. The Hall–Kier alpha value is -1.66. The minimum Gasteiger partial charge on any atom is -0.365 e. The zero-order chi connectivity index (χ0) is 13.8. The number of anilines is 1. The van der Waals surface area contributed by atoms with Crippen LogP contribution in [0.25, 0.3) is 0 Å². The number of hydrogen-bond donors (Lipinski definition) is 2. The third-order valence-electron chi connectivity index (χ3n) is 2.47. The summed E-state index contributed by atoms with van der Waals surface area (Å²) in [7, 11) is 1.69. The highest BCUT2D eigenvalue weighted by Gasteiger charge is 2.09. The van der Waals surface area contributed by atoms with Crippen molar-refractivity contribution in [2.45, 2.75) is 6.54 Å². The van der Waals surface area contributed by atoms with Gasteiger partial charge in [0.25, 0.3) is 0 Å². The molecule has 2 aromatic rings. The van der Waals surface area contributed by atoms with Crippen molar-refractivity contribution in [3.05, 3.63) is 46.9 Å². The molecule has 0 saturated heterocycles. The van der Waals surface area contributed by atoms with E-state index in [1.165, 1.54) is 6.07 Å². The van der Waals surface area contributed by atoms with E-state index in [4.69, 9.17) is 23.8 Å². The largest absolute Gasteiger partial charge is 0.365 e. The standard InChI is InChI=1S/C12H12ClFN4S/c1-15-12(19)16-11-9(13)7-18(17-11)6-8-4-2-3-5-10(8)14/h2-5,7H,6H2,1H3,(H2,15,16,17,19). The SMILES string of the molecule is CNC(=S)Nc1nn(Cc2ccccc2F)cc1Cl. The number of aromatic nitrogens is 2. The van der Waals surface area contributed by atoms with Gasteiger partial charge < -0.3 is 10.6 Å². The zero-order valence-electron chi connectivity index (χ0n) is 10.2. The fourth-order valence-corrected chi connectivity index (χ4v) is 1.83. The molecule has 100 valence electrons. The molecule has 0 aliphatic rings. The summed E-state index contributed by atoms with van der Waals surface area (Å²) < 4.78 is 15.1. The lowest BCUT2D eigenvalue weighted by atomic mass is 10.2. The highest BCUT2D eigenvalue weighted by Crippen LogP contribution is 2.20. The monoisotopic (exact) mass is 298 g/mol. The summed E-state index contributed by atoms with van der Waals surface area (Å²) in [6, 6.07) is 6.54. The number of nitrogens with zero attached hydrogens (tertiary/aromatic N) is 2. The van der Waals surface area contributed by atoms with Crippen molar-refractivity contribution in [2.24, 2.45) is 0 Å². The Morgan fingerprint density at radius 2 is 2.21 bits per heavy atom. The van der Waals surface area contributed by atoms with Crippen LogP contribution in [0.5, 0.6) is 0 Å². The van der Waals surface area contributed by atoms with Gasteiger partial charge in [-0.1, -0.05) is 29.8 Å². The quantitative estimate of drug-likeness (QED) is 0.855. The molecular weight excluding hydrogens is 287 g/mol. The van der Waals surface area contributed by atoms with Crippen molar-refractivity contribution in [3.8, 4) is 0 Å². The molecule has 4 nitrogen and oxygen atoms in total. The number of hydrogen-bond acceptors (Lipinski definition) is 2. The molecule has 1 aromatic carbocycles. The van der Waals surface area contributed by atoms with Crippen molar-refractivity contribution in [3.63, 3.8) is 0 Å². The predicted molar refractivity (Wildman–Crippen MR) is 78.0 cm³/mol. The molecular formula is C12H12ClFN4S. The van der Waals surface area contributed by atoms with E-state index in [-0.39, 0.29) is 5.82 Å². The maximum atomic E-state index is 13.5. The second-order valence-electron chi connectivity index (χ2n) is 3.82. The second-order valence-corrected chi connectivity index (χ2v) is 4.63. The molecule has 0 aliphatic heterocycles. The van der Waals surface area contributed by atoms with Crippen molar-refractivity contribution in [2.75, 3.05) is 12.4 Å². The molecule has 0 atom stereocenters. The predicted octanol–water partition coefficient (Wildman–Crippen LogP) is 2.64.